The van der Waals surface area contributed by atoms with Crippen LogP contribution in [0.5, 0.6) is 0 Å². The Kier molecular flexibility index (Phi) is 2.79. The molecule has 2 heteroatoms. The van der Waals surface area contributed by atoms with Crippen molar-refractivity contribution in [3.63, 3.8) is 0 Å². The van der Waals surface area contributed by atoms with Gasteiger partial charge >= 0.3 is 0 Å². The molecule has 0 heterocycles. The molecular formula is C10H21NO. The van der Waals surface area contributed by atoms with Crippen molar-refractivity contribution in [1.82, 2.24) is 0 Å². The van der Waals surface area contributed by atoms with E-state index in [4.69, 9.17) is 5.73 Å². The van der Waals surface area contributed by atoms with E-state index in [-0.39, 0.29) is 6.04 Å². The highest BCUT2D eigenvalue weighted by Gasteiger charge is 2.36. The quantitative estimate of drug-likeness (QED) is 0.628. The van der Waals surface area contributed by atoms with Crippen LogP contribution < -0.4 is 5.73 Å². The summed E-state index contributed by atoms with van der Waals surface area (Å²) in [6.07, 6.45) is 2.96. The zero-order valence-electron chi connectivity index (χ0n) is 8.38. The van der Waals surface area contributed by atoms with Crippen LogP contribution in [-0.2, 0) is 0 Å². The van der Waals surface area contributed by atoms with Crippen LogP contribution in [0.1, 0.15) is 40.0 Å². The Labute approximate surface area is 75.2 Å². The van der Waals surface area contributed by atoms with Gasteiger partial charge in [0.05, 0.1) is 5.60 Å². The summed E-state index contributed by atoms with van der Waals surface area (Å²) in [7, 11) is 0. The van der Waals surface area contributed by atoms with E-state index in [9.17, 15) is 5.11 Å². The van der Waals surface area contributed by atoms with Gasteiger partial charge in [0, 0.05) is 6.04 Å². The molecule has 0 aliphatic heterocycles. The van der Waals surface area contributed by atoms with Gasteiger partial charge in [0.25, 0.3) is 0 Å². The van der Waals surface area contributed by atoms with Gasteiger partial charge in [-0.2, -0.15) is 0 Å². The van der Waals surface area contributed by atoms with Crippen molar-refractivity contribution in [2.75, 3.05) is 0 Å². The third-order valence-electron chi connectivity index (χ3n) is 3.32. The van der Waals surface area contributed by atoms with Crippen LogP contribution in [0.4, 0.5) is 0 Å². The molecule has 1 saturated carbocycles. The molecule has 0 aromatic rings. The van der Waals surface area contributed by atoms with Gasteiger partial charge in [-0.05, 0) is 38.0 Å². The molecule has 0 unspecified atom stereocenters. The molecule has 1 aliphatic carbocycles. The molecule has 3 atom stereocenters. The fourth-order valence-corrected chi connectivity index (χ4v) is 1.97. The molecule has 1 aliphatic rings. The lowest BCUT2D eigenvalue weighted by Gasteiger charge is -2.40. The fraction of sp³-hybridized carbons (Fsp3) is 1.00. The van der Waals surface area contributed by atoms with Crippen LogP contribution in [-0.4, -0.2) is 16.7 Å². The predicted octanol–water partition coefficient (Wildman–Crippen LogP) is 1.52. The third kappa shape index (κ3) is 1.99. The first kappa shape index (κ1) is 10.0. The molecule has 2 nitrogen and oxygen atoms in total. The van der Waals surface area contributed by atoms with Gasteiger partial charge < -0.3 is 10.8 Å². The minimum Gasteiger partial charge on any atom is -0.389 e. The molecule has 3 N–H and O–H groups in total. The highest BCUT2D eigenvalue weighted by Crippen LogP contribution is 2.34. The standard InChI is InChI=1S/C10H21NO/c1-7(2)8-4-5-10(3,12)9(11)6-8/h7-9,12H,4-6,11H2,1-3H3/t8-,9+,10+/m1/s1. The molecule has 0 radical (unpaired) electrons. The summed E-state index contributed by atoms with van der Waals surface area (Å²) in [5.74, 6) is 1.41. The van der Waals surface area contributed by atoms with Gasteiger partial charge in [0.15, 0.2) is 0 Å². The molecular weight excluding hydrogens is 150 g/mol. The van der Waals surface area contributed by atoms with E-state index in [0.717, 1.165) is 19.3 Å². The number of hydrogen-bond donors (Lipinski definition) is 2. The van der Waals surface area contributed by atoms with Crippen molar-refractivity contribution in [2.24, 2.45) is 17.6 Å². The monoisotopic (exact) mass is 171 g/mol. The Morgan fingerprint density at radius 2 is 2.08 bits per heavy atom. The number of hydrogen-bond acceptors (Lipinski definition) is 2. The van der Waals surface area contributed by atoms with Crippen LogP contribution in [0.25, 0.3) is 0 Å². The van der Waals surface area contributed by atoms with Crippen molar-refractivity contribution < 1.29 is 5.11 Å². The third-order valence-corrected chi connectivity index (χ3v) is 3.32. The zero-order chi connectivity index (χ0) is 9.35. The Morgan fingerprint density at radius 3 is 2.50 bits per heavy atom. The average molecular weight is 171 g/mol. The van der Waals surface area contributed by atoms with Gasteiger partial charge in [0.2, 0.25) is 0 Å². The summed E-state index contributed by atoms with van der Waals surface area (Å²) >= 11 is 0. The number of rotatable bonds is 1. The second-order valence-electron chi connectivity index (χ2n) is 4.74. The first-order valence-corrected chi connectivity index (χ1v) is 4.91. The fourth-order valence-electron chi connectivity index (χ4n) is 1.97. The van der Waals surface area contributed by atoms with Crippen molar-refractivity contribution in [3.05, 3.63) is 0 Å². The maximum Gasteiger partial charge on any atom is 0.0770 e. The summed E-state index contributed by atoms with van der Waals surface area (Å²) in [4.78, 5) is 0. The van der Waals surface area contributed by atoms with Crippen molar-refractivity contribution in [1.29, 1.82) is 0 Å². The molecule has 1 fully saturated rings. The highest BCUT2D eigenvalue weighted by atomic mass is 16.3. The van der Waals surface area contributed by atoms with Gasteiger partial charge in [0.1, 0.15) is 0 Å². The Morgan fingerprint density at radius 1 is 1.50 bits per heavy atom. The van der Waals surface area contributed by atoms with Crippen LogP contribution >= 0.6 is 0 Å². The SMILES string of the molecule is CC(C)[C@@H]1CC[C@](C)(O)[C@@H](N)C1. The van der Waals surface area contributed by atoms with E-state index >= 15 is 0 Å². The topological polar surface area (TPSA) is 46.2 Å². The first-order valence-electron chi connectivity index (χ1n) is 4.91. The number of aliphatic hydroxyl groups is 1. The maximum absolute atomic E-state index is 9.82. The minimum absolute atomic E-state index is 0.0290. The second kappa shape index (κ2) is 3.35. The van der Waals surface area contributed by atoms with Gasteiger partial charge in [-0.25, -0.2) is 0 Å². The zero-order valence-corrected chi connectivity index (χ0v) is 8.38. The normalized spacial score (nSPS) is 43.5. The molecule has 0 saturated heterocycles. The average Bonchev–Trinajstić information content (AvgIpc) is 1.94. The summed E-state index contributed by atoms with van der Waals surface area (Å²) < 4.78 is 0. The molecule has 0 spiro atoms. The second-order valence-corrected chi connectivity index (χ2v) is 4.74. The molecule has 0 aromatic carbocycles. The van der Waals surface area contributed by atoms with Crippen LogP contribution in [0.3, 0.4) is 0 Å². The molecule has 1 rings (SSSR count). The van der Waals surface area contributed by atoms with E-state index in [1.54, 1.807) is 0 Å². The highest BCUT2D eigenvalue weighted by molar-refractivity contribution is 4.92. The molecule has 0 bridgehead atoms. The Hall–Kier alpha value is -0.0800. The Bertz CT molecular complexity index is 154. The lowest BCUT2D eigenvalue weighted by molar-refractivity contribution is -0.0172. The van der Waals surface area contributed by atoms with Crippen LogP contribution in [0.15, 0.2) is 0 Å². The van der Waals surface area contributed by atoms with Crippen molar-refractivity contribution in [2.45, 2.75) is 51.7 Å². The summed E-state index contributed by atoms with van der Waals surface area (Å²) in [5.41, 5.74) is 5.27. The summed E-state index contributed by atoms with van der Waals surface area (Å²) in [6.45, 7) is 6.32. The largest absolute Gasteiger partial charge is 0.389 e. The van der Waals surface area contributed by atoms with Crippen LogP contribution in [0, 0.1) is 11.8 Å². The van der Waals surface area contributed by atoms with Gasteiger partial charge in [-0.1, -0.05) is 13.8 Å². The van der Waals surface area contributed by atoms with Crippen molar-refractivity contribution >= 4 is 0 Å². The smallest absolute Gasteiger partial charge is 0.0770 e. The van der Waals surface area contributed by atoms with E-state index in [0.29, 0.717) is 11.8 Å². The number of nitrogens with two attached hydrogens (primary N) is 1. The van der Waals surface area contributed by atoms with E-state index < -0.39 is 5.60 Å². The summed E-state index contributed by atoms with van der Waals surface area (Å²) in [5, 5.41) is 9.82. The van der Waals surface area contributed by atoms with E-state index in [2.05, 4.69) is 13.8 Å². The predicted molar refractivity (Wildman–Crippen MR) is 50.8 cm³/mol. The summed E-state index contributed by atoms with van der Waals surface area (Å²) in [6, 6.07) is -0.0290. The van der Waals surface area contributed by atoms with E-state index in [1.165, 1.54) is 0 Å². The molecule has 0 aromatic heterocycles. The van der Waals surface area contributed by atoms with Gasteiger partial charge in [-0.15, -0.1) is 0 Å². The first-order chi connectivity index (χ1) is 5.43. The van der Waals surface area contributed by atoms with Crippen molar-refractivity contribution in [3.8, 4) is 0 Å². The van der Waals surface area contributed by atoms with Crippen LogP contribution in [0.2, 0.25) is 0 Å². The lowest BCUT2D eigenvalue weighted by atomic mass is 9.73. The maximum atomic E-state index is 9.82. The lowest BCUT2D eigenvalue weighted by Crippen LogP contribution is -2.50. The molecule has 12 heavy (non-hydrogen) atoms. The van der Waals surface area contributed by atoms with E-state index in [1.807, 2.05) is 6.92 Å². The molecule has 72 valence electrons. The molecule has 0 amide bonds. The van der Waals surface area contributed by atoms with Gasteiger partial charge in [-0.3, -0.25) is 0 Å². The Balaban J connectivity index is 2.52. The minimum atomic E-state index is -0.620.